The van der Waals surface area contributed by atoms with Crippen molar-refractivity contribution >= 4 is 46.3 Å². The van der Waals surface area contributed by atoms with Crippen LogP contribution in [0.5, 0.6) is 11.5 Å². The van der Waals surface area contributed by atoms with Gasteiger partial charge in [-0.2, -0.15) is 5.10 Å². The van der Waals surface area contributed by atoms with Gasteiger partial charge in [-0.3, -0.25) is 19.7 Å². The molecule has 0 aliphatic carbocycles. The zero-order valence-corrected chi connectivity index (χ0v) is 25.1. The fourth-order valence-electron chi connectivity index (χ4n) is 4.56. The number of hydrogen-bond acceptors (Lipinski definition) is 11. The number of hydrogen-bond donors (Lipinski definition) is 1. The molecule has 1 N–H and O–H groups in total. The van der Waals surface area contributed by atoms with Crippen LogP contribution in [0.3, 0.4) is 0 Å². The fourth-order valence-corrected chi connectivity index (χ4v) is 6.07. The number of carbonyl (C=O) groups is 2. The molecule has 2 aromatic heterocycles. The molecule has 0 saturated carbocycles. The molecule has 1 unspecified atom stereocenters. The highest BCUT2D eigenvalue weighted by Crippen LogP contribution is 2.42. The fraction of sp³-hybridized carbons (Fsp3) is 0.250. The number of methoxy groups -OCH3 is 2. The van der Waals surface area contributed by atoms with Crippen LogP contribution >= 0.6 is 23.1 Å². The number of hydrazone groups is 1. The Hall–Kier alpha value is -4.76. The van der Waals surface area contributed by atoms with Crippen molar-refractivity contribution in [2.75, 3.05) is 20.0 Å². The van der Waals surface area contributed by atoms with Crippen molar-refractivity contribution < 1.29 is 24.0 Å². The minimum atomic E-state index is -0.528. The zero-order chi connectivity index (χ0) is 30.5. The third kappa shape index (κ3) is 6.36. The van der Waals surface area contributed by atoms with Gasteiger partial charge in [0.2, 0.25) is 0 Å². The van der Waals surface area contributed by atoms with E-state index in [-0.39, 0.29) is 35.5 Å². The number of para-hydroxylation sites is 1. The van der Waals surface area contributed by atoms with Crippen molar-refractivity contribution in [1.29, 1.82) is 0 Å². The number of rotatable bonds is 11. The number of thiophene rings is 1. The van der Waals surface area contributed by atoms with Crippen LogP contribution in [0.4, 0.5) is 5.69 Å². The Balaban J connectivity index is 1.27. The van der Waals surface area contributed by atoms with Crippen LogP contribution in [0, 0.1) is 10.1 Å². The summed E-state index contributed by atoms with van der Waals surface area (Å²) in [5, 5.41) is 30.6. The average Bonchev–Trinajstić information content (AvgIpc) is 3.79. The summed E-state index contributed by atoms with van der Waals surface area (Å²) < 4.78 is 12.9. The Labute approximate surface area is 254 Å². The van der Waals surface area contributed by atoms with Crippen molar-refractivity contribution in [2.45, 2.75) is 24.2 Å². The second-order valence-electron chi connectivity index (χ2n) is 9.30. The van der Waals surface area contributed by atoms with Crippen LogP contribution < -0.4 is 14.8 Å². The van der Waals surface area contributed by atoms with Crippen LogP contribution in [0.1, 0.15) is 39.1 Å². The molecule has 222 valence electrons. The van der Waals surface area contributed by atoms with Crippen LogP contribution in [0.15, 0.2) is 70.2 Å². The third-order valence-corrected chi connectivity index (χ3v) is 8.68. The summed E-state index contributed by atoms with van der Waals surface area (Å²) >= 11 is 2.77. The highest BCUT2D eigenvalue weighted by atomic mass is 32.2. The largest absolute Gasteiger partial charge is 0.493 e. The molecule has 1 atom stereocenters. The number of ether oxygens (including phenoxy) is 2. The summed E-state index contributed by atoms with van der Waals surface area (Å²) in [7, 11) is 4.88. The first kappa shape index (κ1) is 29.7. The van der Waals surface area contributed by atoms with E-state index in [1.807, 2.05) is 29.6 Å². The van der Waals surface area contributed by atoms with Crippen LogP contribution in [-0.4, -0.2) is 62.2 Å². The number of carbonyl (C=O) groups excluding carboxylic acids is 2. The van der Waals surface area contributed by atoms with Gasteiger partial charge in [-0.15, -0.1) is 21.5 Å². The highest BCUT2D eigenvalue weighted by molar-refractivity contribution is 7.99. The van der Waals surface area contributed by atoms with E-state index < -0.39 is 10.8 Å². The average molecular weight is 622 g/mol. The molecule has 0 radical (unpaired) electrons. The van der Waals surface area contributed by atoms with E-state index in [0.29, 0.717) is 28.9 Å². The summed E-state index contributed by atoms with van der Waals surface area (Å²) in [5.41, 5.74) is 1.79. The molecule has 0 spiro atoms. The van der Waals surface area contributed by atoms with E-state index in [0.717, 1.165) is 16.2 Å². The molecule has 13 nitrogen and oxygen atoms in total. The predicted molar refractivity (Wildman–Crippen MR) is 161 cm³/mol. The summed E-state index contributed by atoms with van der Waals surface area (Å²) in [5.74, 6) is 1.02. The third-order valence-electron chi connectivity index (χ3n) is 6.76. The van der Waals surface area contributed by atoms with Gasteiger partial charge in [-0.1, -0.05) is 30.0 Å². The normalized spacial score (nSPS) is 14.3. The van der Waals surface area contributed by atoms with E-state index in [1.165, 1.54) is 41.0 Å². The lowest BCUT2D eigenvalue weighted by molar-refractivity contribution is -0.384. The highest BCUT2D eigenvalue weighted by Gasteiger charge is 2.36. The molecule has 3 heterocycles. The number of nitrogens with one attached hydrogen (secondary N) is 1. The van der Waals surface area contributed by atoms with Gasteiger partial charge >= 0.3 is 0 Å². The topological polar surface area (TPSA) is 154 Å². The number of nitrogens with zero attached hydrogens (tertiary/aromatic N) is 6. The van der Waals surface area contributed by atoms with Gasteiger partial charge in [-0.25, -0.2) is 5.01 Å². The maximum absolute atomic E-state index is 13.6. The Morgan fingerprint density at radius 3 is 2.58 bits per heavy atom. The maximum Gasteiger partial charge on any atom is 0.269 e. The van der Waals surface area contributed by atoms with Gasteiger partial charge in [-0.05, 0) is 29.6 Å². The lowest BCUT2D eigenvalue weighted by Gasteiger charge is -2.24. The summed E-state index contributed by atoms with van der Waals surface area (Å²) in [4.78, 5) is 37.4. The van der Waals surface area contributed by atoms with E-state index in [9.17, 15) is 19.7 Å². The van der Waals surface area contributed by atoms with Crippen molar-refractivity contribution in [3.05, 3.63) is 91.9 Å². The molecular formula is C28H27N7O6S2. The van der Waals surface area contributed by atoms with Crippen LogP contribution in [0.2, 0.25) is 0 Å². The Bertz CT molecular complexity index is 1670. The van der Waals surface area contributed by atoms with Crippen LogP contribution in [0.25, 0.3) is 0 Å². The van der Waals surface area contributed by atoms with Gasteiger partial charge in [0, 0.05) is 36.7 Å². The number of nitro benzene ring substituents is 1. The lowest BCUT2D eigenvalue weighted by Crippen LogP contribution is -2.29. The molecule has 0 saturated heterocycles. The molecule has 5 rings (SSSR count). The quantitative estimate of drug-likeness (QED) is 0.147. The first-order chi connectivity index (χ1) is 20.8. The number of benzene rings is 2. The van der Waals surface area contributed by atoms with Crippen molar-refractivity contribution in [2.24, 2.45) is 12.1 Å². The van der Waals surface area contributed by atoms with Crippen molar-refractivity contribution in [3.8, 4) is 11.5 Å². The SMILES string of the molecule is COc1cccc(C2CC(c3cccs3)=NN2C(=O)CSc2nnc(CNC(=O)c3ccc([N+](=O)[O-])cc3)n2C)c1OC. The van der Waals surface area contributed by atoms with Gasteiger partial charge in [0.05, 0.1) is 48.1 Å². The van der Waals surface area contributed by atoms with Gasteiger partial charge < -0.3 is 19.4 Å². The summed E-state index contributed by atoms with van der Waals surface area (Å²) in [6.07, 6.45) is 0.517. The maximum atomic E-state index is 13.6. The Morgan fingerprint density at radius 2 is 1.91 bits per heavy atom. The molecule has 2 aromatic carbocycles. The lowest BCUT2D eigenvalue weighted by atomic mass is 9.99. The molecule has 0 bridgehead atoms. The summed E-state index contributed by atoms with van der Waals surface area (Å²) in [6, 6.07) is 14.4. The van der Waals surface area contributed by atoms with E-state index in [4.69, 9.17) is 14.6 Å². The van der Waals surface area contributed by atoms with Gasteiger partial charge in [0.15, 0.2) is 22.5 Å². The number of aromatic nitrogens is 3. The molecule has 1 aliphatic rings. The van der Waals surface area contributed by atoms with Gasteiger partial charge in [0.1, 0.15) is 0 Å². The van der Waals surface area contributed by atoms with E-state index >= 15 is 0 Å². The van der Waals surface area contributed by atoms with Crippen molar-refractivity contribution in [1.82, 2.24) is 25.1 Å². The van der Waals surface area contributed by atoms with E-state index in [1.54, 1.807) is 43.2 Å². The Kier molecular flexibility index (Phi) is 9.01. The van der Waals surface area contributed by atoms with Gasteiger partial charge in [0.25, 0.3) is 17.5 Å². The molecule has 43 heavy (non-hydrogen) atoms. The number of amides is 2. The van der Waals surface area contributed by atoms with E-state index in [2.05, 4.69) is 15.5 Å². The minimum Gasteiger partial charge on any atom is -0.493 e. The monoisotopic (exact) mass is 621 g/mol. The number of nitro groups is 1. The minimum absolute atomic E-state index is 0.0468. The first-order valence-corrected chi connectivity index (χ1v) is 14.8. The standard InChI is InChI=1S/C28H27N7O6S2/c1-33-24(15-29-27(37)17-9-11-18(12-10-17)35(38)39)30-31-28(33)43-16-25(36)34-21(14-20(32-34)23-8-5-13-42-23)19-6-4-7-22(40-2)26(19)41-3/h4-13,21H,14-16H2,1-3H3,(H,29,37). The molecule has 15 heteroatoms. The summed E-state index contributed by atoms with van der Waals surface area (Å²) in [6.45, 7) is 0.0755. The molecule has 2 amide bonds. The van der Waals surface area contributed by atoms with Crippen molar-refractivity contribution in [3.63, 3.8) is 0 Å². The molecule has 4 aromatic rings. The second-order valence-corrected chi connectivity index (χ2v) is 11.2. The predicted octanol–water partition coefficient (Wildman–Crippen LogP) is 4.20. The zero-order valence-electron chi connectivity index (χ0n) is 23.4. The number of non-ortho nitro benzene ring substituents is 1. The Morgan fingerprint density at radius 1 is 1.12 bits per heavy atom. The smallest absolute Gasteiger partial charge is 0.269 e. The first-order valence-electron chi connectivity index (χ1n) is 13.0. The molecule has 0 fully saturated rings. The molecule has 1 aliphatic heterocycles. The second kappa shape index (κ2) is 13.0. The van der Waals surface area contributed by atoms with Crippen LogP contribution in [-0.2, 0) is 18.4 Å². The molecular weight excluding hydrogens is 594 g/mol. The number of thioether (sulfide) groups is 1.